The third kappa shape index (κ3) is 4.95. The molecule has 1 heterocycles. The fraction of sp³-hybridized carbons (Fsp3) is 0.889. The number of carboxylic acids is 1. The zero-order chi connectivity index (χ0) is 13.9. The van der Waals surface area contributed by atoms with E-state index in [-0.39, 0.29) is 51.4 Å². The number of hydrogen-bond donors (Lipinski definition) is 5. The van der Waals surface area contributed by atoms with E-state index in [2.05, 4.69) is 0 Å². The summed E-state index contributed by atoms with van der Waals surface area (Å²) in [6.45, 7) is -1.59. The molecule has 0 spiro atoms. The molecule has 0 aliphatic carbocycles. The van der Waals surface area contributed by atoms with Crippen LogP contribution in [0.15, 0.2) is 0 Å². The zero-order valence-corrected chi connectivity index (χ0v) is 13.4. The van der Waals surface area contributed by atoms with Crippen molar-refractivity contribution in [3.05, 3.63) is 0 Å². The normalized spacial score (nSPS) is 36.4. The van der Waals surface area contributed by atoms with Gasteiger partial charge in [-0.05, 0) is 0 Å². The van der Waals surface area contributed by atoms with Crippen LogP contribution in [0.4, 0.5) is 0 Å². The van der Waals surface area contributed by atoms with Gasteiger partial charge in [-0.1, -0.05) is 0 Å². The number of ether oxygens (including phenoxy) is 2. The van der Waals surface area contributed by atoms with Gasteiger partial charge in [-0.3, -0.25) is 0 Å². The fourth-order valence-electron chi connectivity index (χ4n) is 1.51. The first kappa shape index (κ1) is 19.8. The molecule has 1 aliphatic rings. The van der Waals surface area contributed by atoms with Crippen molar-refractivity contribution in [2.75, 3.05) is 13.2 Å². The Balaban J connectivity index is 0.00000324. The first-order chi connectivity index (χ1) is 8.42. The standard InChI is InChI=1S/C9H16O9.K/c10-1-3-5(12)6(13)7(14)9(17-3)18-4(2-11)8(15)16;/h3-7,9-14H,1-2H2,(H,15,16);/q;+1/p-1/t3?,4-,5+,6+,7?,9?;/m1./s1. The maximum absolute atomic E-state index is 10.5. The van der Waals surface area contributed by atoms with Gasteiger partial charge in [-0.2, -0.15) is 0 Å². The summed E-state index contributed by atoms with van der Waals surface area (Å²) in [4.78, 5) is 10.5. The second-order valence-electron chi connectivity index (χ2n) is 3.82. The van der Waals surface area contributed by atoms with Crippen LogP contribution in [0, 0.1) is 0 Å². The van der Waals surface area contributed by atoms with Crippen molar-refractivity contribution in [1.29, 1.82) is 0 Å². The minimum Gasteiger partial charge on any atom is -0.547 e. The third-order valence-corrected chi connectivity index (χ3v) is 2.58. The molecule has 19 heavy (non-hydrogen) atoms. The molecule has 0 radical (unpaired) electrons. The molecule has 6 atom stereocenters. The minimum atomic E-state index is -1.76. The summed E-state index contributed by atoms with van der Waals surface area (Å²) in [6, 6.07) is 0. The van der Waals surface area contributed by atoms with Gasteiger partial charge >= 0.3 is 51.4 Å². The number of rotatable bonds is 5. The monoisotopic (exact) mass is 306 g/mol. The molecule has 0 amide bonds. The quantitative estimate of drug-likeness (QED) is 0.311. The van der Waals surface area contributed by atoms with E-state index in [1.807, 2.05) is 0 Å². The average molecular weight is 306 g/mol. The molecule has 0 saturated carbocycles. The summed E-state index contributed by atoms with van der Waals surface area (Å²) in [6.07, 6.45) is -9.56. The van der Waals surface area contributed by atoms with Crippen LogP contribution in [-0.2, 0) is 14.3 Å². The smallest absolute Gasteiger partial charge is 0.547 e. The topological polar surface area (TPSA) is 160 Å². The van der Waals surface area contributed by atoms with E-state index in [1.165, 1.54) is 0 Å². The van der Waals surface area contributed by atoms with Crippen molar-refractivity contribution in [1.82, 2.24) is 0 Å². The van der Waals surface area contributed by atoms with Crippen LogP contribution in [0.5, 0.6) is 0 Å². The molecule has 0 aromatic heterocycles. The molecule has 5 N–H and O–H groups in total. The van der Waals surface area contributed by atoms with Gasteiger partial charge in [0.15, 0.2) is 6.29 Å². The molecular formula is C9H15KO9. The summed E-state index contributed by atoms with van der Waals surface area (Å²) in [5.41, 5.74) is 0. The van der Waals surface area contributed by atoms with Gasteiger partial charge in [-0.15, -0.1) is 0 Å². The van der Waals surface area contributed by atoms with Gasteiger partial charge in [0.25, 0.3) is 0 Å². The first-order valence-corrected chi connectivity index (χ1v) is 5.20. The van der Waals surface area contributed by atoms with Crippen LogP contribution in [0.2, 0.25) is 0 Å². The summed E-state index contributed by atoms with van der Waals surface area (Å²) in [5, 5.41) is 56.4. The van der Waals surface area contributed by atoms with Crippen molar-refractivity contribution in [3.8, 4) is 0 Å². The molecule has 106 valence electrons. The molecule has 0 aromatic rings. The maximum Gasteiger partial charge on any atom is 1.00 e. The predicted molar refractivity (Wildman–Crippen MR) is 50.7 cm³/mol. The van der Waals surface area contributed by atoms with E-state index in [9.17, 15) is 25.2 Å². The fourth-order valence-corrected chi connectivity index (χ4v) is 1.51. The molecule has 1 rings (SSSR count). The molecule has 10 heteroatoms. The third-order valence-electron chi connectivity index (χ3n) is 2.58. The Hall–Kier alpha value is 0.826. The first-order valence-electron chi connectivity index (χ1n) is 5.20. The molecular weight excluding hydrogens is 291 g/mol. The maximum atomic E-state index is 10.5. The number of carbonyl (C=O) groups is 1. The molecule has 0 bridgehead atoms. The summed E-state index contributed by atoms with van der Waals surface area (Å²) < 4.78 is 9.58. The van der Waals surface area contributed by atoms with Gasteiger partial charge in [0.05, 0.1) is 19.2 Å². The van der Waals surface area contributed by atoms with Crippen LogP contribution in [0.25, 0.3) is 0 Å². The number of carbonyl (C=O) groups excluding carboxylic acids is 1. The largest absolute Gasteiger partial charge is 1.00 e. The number of aliphatic carboxylic acids is 1. The van der Waals surface area contributed by atoms with Gasteiger partial charge in [0.2, 0.25) is 0 Å². The van der Waals surface area contributed by atoms with E-state index in [0.717, 1.165) is 0 Å². The molecule has 1 aliphatic heterocycles. The average Bonchev–Trinajstić information content (AvgIpc) is 2.35. The molecule has 0 aromatic carbocycles. The Morgan fingerprint density at radius 1 is 1.21 bits per heavy atom. The number of aliphatic hydroxyl groups excluding tert-OH is 5. The summed E-state index contributed by atoms with van der Waals surface area (Å²) in [5.74, 6) is -1.73. The van der Waals surface area contributed by atoms with Crippen LogP contribution in [-0.4, -0.2) is 81.5 Å². The van der Waals surface area contributed by atoms with Crippen LogP contribution >= 0.6 is 0 Å². The van der Waals surface area contributed by atoms with Crippen LogP contribution in [0.3, 0.4) is 0 Å². The molecule has 3 unspecified atom stereocenters. The zero-order valence-electron chi connectivity index (χ0n) is 10.2. The second-order valence-corrected chi connectivity index (χ2v) is 3.82. The van der Waals surface area contributed by atoms with Crippen molar-refractivity contribution < 1.29 is 96.3 Å². The van der Waals surface area contributed by atoms with Crippen molar-refractivity contribution in [2.45, 2.75) is 36.8 Å². The number of hydrogen-bond acceptors (Lipinski definition) is 9. The van der Waals surface area contributed by atoms with E-state index in [0.29, 0.717) is 0 Å². The Kier molecular flexibility index (Phi) is 9.36. The Morgan fingerprint density at radius 2 is 1.79 bits per heavy atom. The van der Waals surface area contributed by atoms with Gasteiger partial charge in [-0.25, -0.2) is 0 Å². The van der Waals surface area contributed by atoms with Crippen LogP contribution in [0.1, 0.15) is 0 Å². The Bertz CT molecular complexity index is 287. The number of aliphatic hydroxyl groups is 5. The van der Waals surface area contributed by atoms with E-state index < -0.39 is 56.0 Å². The van der Waals surface area contributed by atoms with Crippen LogP contribution < -0.4 is 56.5 Å². The van der Waals surface area contributed by atoms with Gasteiger partial charge in [0.1, 0.15) is 30.5 Å². The second kappa shape index (κ2) is 8.97. The minimum absolute atomic E-state index is 0. The summed E-state index contributed by atoms with van der Waals surface area (Å²) >= 11 is 0. The number of carboxylic acid groups (broad SMARTS) is 1. The van der Waals surface area contributed by atoms with Gasteiger partial charge < -0.3 is 44.9 Å². The van der Waals surface area contributed by atoms with Crippen molar-refractivity contribution >= 4 is 5.97 Å². The van der Waals surface area contributed by atoms with Crippen molar-refractivity contribution in [3.63, 3.8) is 0 Å². The molecule has 9 nitrogen and oxygen atoms in total. The predicted octanol–water partition coefficient (Wildman–Crippen LogP) is -8.08. The Morgan fingerprint density at radius 3 is 2.21 bits per heavy atom. The SMILES string of the molecule is O=C([O-])[C@@H](CO)OC1OC(CO)[C@H](O)[C@H](O)C1O.[K+]. The van der Waals surface area contributed by atoms with Crippen molar-refractivity contribution in [2.24, 2.45) is 0 Å². The molecule has 1 saturated heterocycles. The molecule has 1 fully saturated rings. The van der Waals surface area contributed by atoms with E-state index in [4.69, 9.17) is 19.7 Å². The summed E-state index contributed by atoms with van der Waals surface area (Å²) in [7, 11) is 0. The van der Waals surface area contributed by atoms with Gasteiger partial charge in [0, 0.05) is 0 Å². The Labute approximate surface area is 151 Å². The van der Waals surface area contributed by atoms with E-state index in [1.54, 1.807) is 0 Å². The van der Waals surface area contributed by atoms with E-state index >= 15 is 0 Å².